The molecule has 5 aromatic rings. The Morgan fingerprint density at radius 2 is 1.97 bits per heavy atom. The monoisotopic (exact) mass is 393 g/mol. The van der Waals surface area contributed by atoms with Crippen molar-refractivity contribution in [3.8, 4) is 22.6 Å². The summed E-state index contributed by atoms with van der Waals surface area (Å²) in [4.78, 5) is 16.6. The van der Waals surface area contributed by atoms with Crippen LogP contribution in [0, 0.1) is 5.92 Å². The van der Waals surface area contributed by atoms with Crippen LogP contribution in [0.25, 0.3) is 44.5 Å². The molecule has 6 rings (SSSR count). The largest absolute Gasteiger partial charge is 0.358 e. The van der Waals surface area contributed by atoms with Gasteiger partial charge in [-0.3, -0.25) is 20.1 Å². The van der Waals surface area contributed by atoms with Gasteiger partial charge in [0.25, 0.3) is 0 Å². The van der Waals surface area contributed by atoms with E-state index in [1.807, 2.05) is 30.9 Å². The van der Waals surface area contributed by atoms with Crippen LogP contribution in [-0.4, -0.2) is 30.1 Å². The van der Waals surface area contributed by atoms with Crippen molar-refractivity contribution in [3.63, 3.8) is 0 Å². The van der Waals surface area contributed by atoms with Crippen molar-refractivity contribution in [3.05, 3.63) is 67.5 Å². The van der Waals surface area contributed by atoms with E-state index in [4.69, 9.17) is 0 Å². The average molecular weight is 393 g/mol. The summed E-state index contributed by atoms with van der Waals surface area (Å²) in [6.45, 7) is 4.14. The number of anilines is 1. The lowest BCUT2D eigenvalue weighted by Gasteiger charge is -2.09. The predicted octanol–water partition coefficient (Wildman–Crippen LogP) is 4.90. The summed E-state index contributed by atoms with van der Waals surface area (Å²) < 4.78 is 0. The highest BCUT2D eigenvalue weighted by Gasteiger charge is 2.24. The van der Waals surface area contributed by atoms with Crippen LogP contribution >= 0.6 is 0 Å². The van der Waals surface area contributed by atoms with Gasteiger partial charge in [-0.15, -0.1) is 0 Å². The van der Waals surface area contributed by atoms with Gasteiger partial charge in [-0.2, -0.15) is 5.10 Å². The van der Waals surface area contributed by atoms with E-state index < -0.39 is 0 Å². The number of allylic oxidation sites excluding steroid dienone is 1. The fourth-order valence-corrected chi connectivity index (χ4v) is 3.75. The maximum Gasteiger partial charge on any atom is 0.116 e. The van der Waals surface area contributed by atoms with E-state index >= 15 is 0 Å². The zero-order valence-corrected chi connectivity index (χ0v) is 16.2. The van der Waals surface area contributed by atoms with Gasteiger partial charge >= 0.3 is 0 Å². The van der Waals surface area contributed by atoms with Crippen LogP contribution in [0.1, 0.15) is 12.8 Å². The van der Waals surface area contributed by atoms with Crippen LogP contribution in [0.4, 0.5) is 5.69 Å². The third-order valence-corrected chi connectivity index (χ3v) is 5.54. The number of pyridine rings is 3. The fraction of sp³-hybridized carbons (Fsp3) is 0.130. The highest BCUT2D eigenvalue weighted by molar-refractivity contribution is 5.96. The molecule has 3 N–H and O–H groups in total. The molecule has 0 unspecified atom stereocenters. The van der Waals surface area contributed by atoms with Gasteiger partial charge < -0.3 is 10.3 Å². The molecule has 0 radical (unpaired) electrons. The van der Waals surface area contributed by atoms with E-state index in [1.165, 1.54) is 12.8 Å². The number of nitrogens with zero attached hydrogens (tertiary/aromatic N) is 4. The third-order valence-electron chi connectivity index (χ3n) is 5.54. The first-order valence-electron chi connectivity index (χ1n) is 9.93. The van der Waals surface area contributed by atoms with Gasteiger partial charge in [0.05, 0.1) is 46.7 Å². The Labute approximate surface area is 172 Å². The Morgan fingerprint density at radius 1 is 1.03 bits per heavy atom. The van der Waals surface area contributed by atoms with E-state index in [0.717, 1.165) is 55.8 Å². The lowest BCUT2D eigenvalue weighted by atomic mass is 10.1. The van der Waals surface area contributed by atoms with E-state index in [1.54, 1.807) is 6.20 Å². The molecular weight excluding hydrogens is 374 g/mol. The summed E-state index contributed by atoms with van der Waals surface area (Å²) in [6.07, 6.45) is 11.5. The molecule has 1 fully saturated rings. The van der Waals surface area contributed by atoms with Gasteiger partial charge in [0, 0.05) is 34.4 Å². The van der Waals surface area contributed by atoms with Crippen molar-refractivity contribution in [2.45, 2.75) is 12.8 Å². The highest BCUT2D eigenvalue weighted by Crippen LogP contribution is 2.36. The first-order chi connectivity index (χ1) is 14.7. The Hall–Kier alpha value is -4.00. The molecule has 0 amide bonds. The smallest absolute Gasteiger partial charge is 0.116 e. The lowest BCUT2D eigenvalue weighted by Crippen LogP contribution is -2.00. The van der Waals surface area contributed by atoms with Crippen molar-refractivity contribution in [1.29, 1.82) is 0 Å². The molecule has 1 aliphatic rings. The van der Waals surface area contributed by atoms with Gasteiger partial charge in [-0.1, -0.05) is 6.58 Å². The maximum absolute atomic E-state index is 4.61. The topological polar surface area (TPSA) is 95.2 Å². The van der Waals surface area contributed by atoms with Gasteiger partial charge in [0.1, 0.15) is 5.69 Å². The number of hydrogen-bond donors (Lipinski definition) is 3. The van der Waals surface area contributed by atoms with Crippen molar-refractivity contribution in [2.75, 3.05) is 5.32 Å². The molecule has 5 aromatic heterocycles. The third kappa shape index (κ3) is 2.91. The molecule has 0 aromatic carbocycles. The second kappa shape index (κ2) is 6.52. The Morgan fingerprint density at radius 3 is 2.83 bits per heavy atom. The summed E-state index contributed by atoms with van der Waals surface area (Å²) in [5.74, 6) is 0.586. The standard InChI is InChI=1S/C23H19N7/c1-13(14-2-3-14)27-17-6-16(9-25-10-17)19-8-18-22(12-26-19)29-30-23(18)20-7-15-4-5-24-11-21(15)28-20/h4-12,14,27-28H,1-3H2,(H,29,30). The van der Waals surface area contributed by atoms with Gasteiger partial charge in [0.15, 0.2) is 0 Å². The summed E-state index contributed by atoms with van der Waals surface area (Å²) >= 11 is 0. The number of fused-ring (bicyclic) bond motifs is 2. The number of rotatable bonds is 5. The van der Waals surface area contributed by atoms with Gasteiger partial charge in [0.2, 0.25) is 0 Å². The maximum atomic E-state index is 4.61. The van der Waals surface area contributed by atoms with Crippen LogP contribution in [0.15, 0.2) is 67.5 Å². The second-order valence-corrected chi connectivity index (χ2v) is 7.72. The minimum absolute atomic E-state index is 0.586. The molecule has 30 heavy (non-hydrogen) atoms. The Balaban J connectivity index is 1.40. The van der Waals surface area contributed by atoms with Crippen molar-refractivity contribution >= 4 is 27.5 Å². The number of aromatic amines is 2. The molecule has 146 valence electrons. The average Bonchev–Trinajstić information content (AvgIpc) is 3.40. The molecule has 7 heteroatoms. The van der Waals surface area contributed by atoms with Crippen LogP contribution in [0.5, 0.6) is 0 Å². The van der Waals surface area contributed by atoms with Crippen LogP contribution in [0.3, 0.4) is 0 Å². The lowest BCUT2D eigenvalue weighted by molar-refractivity contribution is 1.02. The molecule has 1 saturated carbocycles. The normalized spacial score (nSPS) is 13.7. The molecule has 0 bridgehead atoms. The Bertz CT molecular complexity index is 1370. The minimum atomic E-state index is 0.586. The van der Waals surface area contributed by atoms with Crippen LogP contribution in [-0.2, 0) is 0 Å². The highest BCUT2D eigenvalue weighted by atomic mass is 15.1. The number of aromatic nitrogens is 6. The number of nitrogens with one attached hydrogen (secondary N) is 3. The zero-order chi connectivity index (χ0) is 20.1. The molecule has 0 aliphatic heterocycles. The molecular formula is C23H19N7. The second-order valence-electron chi connectivity index (χ2n) is 7.72. The Kier molecular flexibility index (Phi) is 3.67. The van der Waals surface area contributed by atoms with Crippen molar-refractivity contribution in [1.82, 2.24) is 30.1 Å². The molecule has 1 aliphatic carbocycles. The van der Waals surface area contributed by atoms with Crippen molar-refractivity contribution in [2.24, 2.45) is 5.92 Å². The fourth-order valence-electron chi connectivity index (χ4n) is 3.75. The summed E-state index contributed by atoms with van der Waals surface area (Å²) in [6, 6.07) is 8.18. The quantitative estimate of drug-likeness (QED) is 0.395. The van der Waals surface area contributed by atoms with E-state index in [0.29, 0.717) is 5.92 Å². The molecule has 0 atom stereocenters. The molecule has 7 nitrogen and oxygen atoms in total. The SMILES string of the molecule is C=C(Nc1cncc(-c2cc3c(-c4cc5ccncc5[nH]4)n[nH]c3cn2)c1)C1CC1. The summed E-state index contributed by atoms with van der Waals surface area (Å²) in [5, 5.41) is 13.1. The summed E-state index contributed by atoms with van der Waals surface area (Å²) in [5.41, 5.74) is 7.44. The van der Waals surface area contributed by atoms with Crippen LogP contribution in [0.2, 0.25) is 0 Å². The van der Waals surface area contributed by atoms with Crippen molar-refractivity contribution < 1.29 is 0 Å². The zero-order valence-electron chi connectivity index (χ0n) is 16.2. The predicted molar refractivity (Wildman–Crippen MR) is 118 cm³/mol. The summed E-state index contributed by atoms with van der Waals surface area (Å²) in [7, 11) is 0. The first-order valence-corrected chi connectivity index (χ1v) is 9.93. The number of H-pyrrole nitrogens is 2. The van der Waals surface area contributed by atoms with E-state index in [2.05, 4.69) is 60.2 Å². The number of hydrogen-bond acceptors (Lipinski definition) is 5. The van der Waals surface area contributed by atoms with Gasteiger partial charge in [-0.25, -0.2) is 0 Å². The van der Waals surface area contributed by atoms with Gasteiger partial charge in [-0.05, 0) is 43.0 Å². The molecule has 0 spiro atoms. The molecule has 0 saturated heterocycles. The van der Waals surface area contributed by atoms with E-state index in [-0.39, 0.29) is 0 Å². The van der Waals surface area contributed by atoms with Crippen LogP contribution < -0.4 is 5.32 Å². The van der Waals surface area contributed by atoms with E-state index in [9.17, 15) is 0 Å². The first kappa shape index (κ1) is 16.9. The molecule has 5 heterocycles. The minimum Gasteiger partial charge on any atom is -0.358 e.